The molecule has 2 rings (SSSR count). The molecule has 0 saturated carbocycles. The van der Waals surface area contributed by atoms with Gasteiger partial charge in [0.15, 0.2) is 6.10 Å². The number of hydrogen-bond donors (Lipinski definition) is 1. The number of primary amides is 1. The number of hydrogen-bond acceptors (Lipinski definition) is 3. The van der Waals surface area contributed by atoms with E-state index >= 15 is 0 Å². The highest BCUT2D eigenvalue weighted by molar-refractivity contribution is 5.78. The zero-order valence-corrected chi connectivity index (χ0v) is 11.0. The van der Waals surface area contributed by atoms with Crippen molar-refractivity contribution >= 4 is 5.91 Å². The third-order valence-electron chi connectivity index (χ3n) is 2.92. The summed E-state index contributed by atoms with van der Waals surface area (Å²) in [7, 11) is 0. The van der Waals surface area contributed by atoms with Crippen LogP contribution >= 0.6 is 0 Å². The minimum atomic E-state index is -0.657. The zero-order valence-electron chi connectivity index (χ0n) is 11.0. The topological polar surface area (TPSA) is 76.1 Å². The number of amides is 1. The summed E-state index contributed by atoms with van der Waals surface area (Å²) < 4.78 is 5.39. The molecule has 0 saturated heterocycles. The minimum Gasteiger partial charge on any atom is -0.481 e. The van der Waals surface area contributed by atoms with Gasteiger partial charge in [0.1, 0.15) is 5.75 Å². The average molecular weight is 266 g/mol. The minimum absolute atomic E-state index is 0.499. The third-order valence-corrected chi connectivity index (χ3v) is 2.92. The summed E-state index contributed by atoms with van der Waals surface area (Å²) in [5, 5.41) is 8.76. The second-order valence-corrected chi connectivity index (χ2v) is 4.38. The highest BCUT2D eigenvalue weighted by Gasteiger charge is 2.09. The first-order valence-electron chi connectivity index (χ1n) is 6.16. The van der Waals surface area contributed by atoms with Gasteiger partial charge < -0.3 is 10.5 Å². The molecule has 0 fully saturated rings. The van der Waals surface area contributed by atoms with Crippen molar-refractivity contribution in [3.05, 3.63) is 54.1 Å². The number of carbonyl (C=O) groups excluding carboxylic acids is 1. The fourth-order valence-corrected chi connectivity index (χ4v) is 1.73. The molecule has 2 aromatic rings. The van der Waals surface area contributed by atoms with Gasteiger partial charge in [-0.1, -0.05) is 24.3 Å². The molecule has 2 aromatic carbocycles. The molecule has 0 spiro atoms. The van der Waals surface area contributed by atoms with Crippen LogP contribution in [0, 0.1) is 11.3 Å². The van der Waals surface area contributed by atoms with Crippen molar-refractivity contribution in [2.24, 2.45) is 5.73 Å². The smallest absolute Gasteiger partial charge is 0.258 e. The van der Waals surface area contributed by atoms with Gasteiger partial charge in [0, 0.05) is 0 Å². The normalized spacial score (nSPS) is 11.4. The number of nitrogens with two attached hydrogens (primary N) is 1. The van der Waals surface area contributed by atoms with Crippen molar-refractivity contribution in [3.63, 3.8) is 0 Å². The molecule has 0 heterocycles. The number of nitrogens with zero attached hydrogens (tertiary/aromatic N) is 1. The molecule has 1 atom stereocenters. The van der Waals surface area contributed by atoms with Gasteiger partial charge in [0.25, 0.3) is 5.91 Å². The van der Waals surface area contributed by atoms with E-state index in [-0.39, 0.29) is 0 Å². The Bertz CT molecular complexity index is 640. The Morgan fingerprint density at radius 1 is 1.10 bits per heavy atom. The lowest BCUT2D eigenvalue weighted by Gasteiger charge is -2.11. The average Bonchev–Trinajstić information content (AvgIpc) is 2.48. The highest BCUT2D eigenvalue weighted by atomic mass is 16.5. The molecule has 0 aromatic heterocycles. The Labute approximate surface area is 117 Å². The van der Waals surface area contributed by atoms with E-state index in [0.717, 1.165) is 11.1 Å². The zero-order chi connectivity index (χ0) is 14.5. The Hall–Kier alpha value is -2.80. The van der Waals surface area contributed by atoms with Gasteiger partial charge >= 0.3 is 0 Å². The second kappa shape index (κ2) is 5.89. The van der Waals surface area contributed by atoms with Crippen molar-refractivity contribution in [2.75, 3.05) is 0 Å². The maximum Gasteiger partial charge on any atom is 0.258 e. The lowest BCUT2D eigenvalue weighted by molar-refractivity contribution is -0.123. The van der Waals surface area contributed by atoms with Gasteiger partial charge in [-0.2, -0.15) is 5.26 Å². The first kappa shape index (κ1) is 13.6. The molecule has 0 aliphatic rings. The summed E-state index contributed by atoms with van der Waals surface area (Å²) in [4.78, 5) is 10.9. The number of ether oxygens (including phenoxy) is 1. The van der Waals surface area contributed by atoms with E-state index in [1.165, 1.54) is 0 Å². The van der Waals surface area contributed by atoms with Crippen LogP contribution in [0.2, 0.25) is 0 Å². The predicted octanol–water partition coefficient (Wildman–Crippen LogP) is 2.48. The quantitative estimate of drug-likeness (QED) is 0.923. The molecule has 100 valence electrons. The van der Waals surface area contributed by atoms with Crippen LogP contribution in [0.1, 0.15) is 12.5 Å². The Morgan fingerprint density at radius 3 is 2.05 bits per heavy atom. The summed E-state index contributed by atoms with van der Waals surface area (Å²) in [6, 6.07) is 16.8. The van der Waals surface area contributed by atoms with Crippen molar-refractivity contribution in [2.45, 2.75) is 13.0 Å². The summed E-state index contributed by atoms with van der Waals surface area (Å²) in [6.07, 6.45) is -0.657. The van der Waals surface area contributed by atoms with Crippen LogP contribution in [-0.4, -0.2) is 12.0 Å². The monoisotopic (exact) mass is 266 g/mol. The first-order chi connectivity index (χ1) is 9.60. The van der Waals surface area contributed by atoms with Crippen LogP contribution in [0.15, 0.2) is 48.5 Å². The van der Waals surface area contributed by atoms with Crippen LogP contribution in [-0.2, 0) is 4.79 Å². The maximum absolute atomic E-state index is 10.9. The summed E-state index contributed by atoms with van der Waals surface area (Å²) in [5.41, 5.74) is 7.79. The Balaban J connectivity index is 2.15. The number of rotatable bonds is 4. The molecule has 0 aliphatic heterocycles. The van der Waals surface area contributed by atoms with E-state index in [4.69, 9.17) is 15.7 Å². The molecule has 4 heteroatoms. The van der Waals surface area contributed by atoms with Crippen molar-refractivity contribution in [3.8, 4) is 22.9 Å². The number of nitriles is 1. The van der Waals surface area contributed by atoms with Crippen LogP contribution in [0.5, 0.6) is 5.75 Å². The van der Waals surface area contributed by atoms with Crippen molar-refractivity contribution < 1.29 is 9.53 Å². The van der Waals surface area contributed by atoms with Crippen LogP contribution in [0.4, 0.5) is 0 Å². The van der Waals surface area contributed by atoms with Crippen LogP contribution in [0.25, 0.3) is 11.1 Å². The van der Waals surface area contributed by atoms with E-state index in [1.54, 1.807) is 31.2 Å². The van der Waals surface area contributed by atoms with Crippen molar-refractivity contribution in [1.82, 2.24) is 0 Å². The molecule has 0 aliphatic carbocycles. The molecule has 0 radical (unpaired) electrons. The standard InChI is InChI=1S/C16H14N2O2/c1-11(16(18)19)20-15-8-6-14(7-9-15)13-4-2-12(10-17)3-5-13/h2-9,11H,1H3,(H2,18,19). The highest BCUT2D eigenvalue weighted by Crippen LogP contribution is 2.23. The Morgan fingerprint density at radius 2 is 1.60 bits per heavy atom. The van der Waals surface area contributed by atoms with E-state index in [2.05, 4.69) is 6.07 Å². The lowest BCUT2D eigenvalue weighted by Crippen LogP contribution is -2.30. The summed E-state index contributed by atoms with van der Waals surface area (Å²) in [6.45, 7) is 1.61. The Kier molecular flexibility index (Phi) is 4.02. The third kappa shape index (κ3) is 3.15. The van der Waals surface area contributed by atoms with Crippen molar-refractivity contribution in [1.29, 1.82) is 5.26 Å². The summed E-state index contributed by atoms with van der Waals surface area (Å²) in [5.74, 6) is 0.0925. The molecule has 4 nitrogen and oxygen atoms in total. The van der Waals surface area contributed by atoms with Crippen LogP contribution in [0.3, 0.4) is 0 Å². The number of benzene rings is 2. The van der Waals surface area contributed by atoms with Crippen LogP contribution < -0.4 is 10.5 Å². The SMILES string of the molecule is CC(Oc1ccc(-c2ccc(C#N)cc2)cc1)C(N)=O. The van der Waals surface area contributed by atoms with Gasteiger partial charge in [-0.15, -0.1) is 0 Å². The van der Waals surface area contributed by atoms with Gasteiger partial charge in [0.2, 0.25) is 0 Å². The molecular weight excluding hydrogens is 252 g/mol. The number of carbonyl (C=O) groups is 1. The molecule has 0 bridgehead atoms. The van der Waals surface area contributed by atoms with E-state index < -0.39 is 12.0 Å². The predicted molar refractivity (Wildman–Crippen MR) is 75.9 cm³/mol. The maximum atomic E-state index is 10.9. The molecule has 2 N–H and O–H groups in total. The van der Waals surface area contributed by atoms with E-state index in [9.17, 15) is 4.79 Å². The van der Waals surface area contributed by atoms with Gasteiger partial charge in [-0.3, -0.25) is 4.79 Å². The van der Waals surface area contributed by atoms with Gasteiger partial charge in [-0.05, 0) is 42.3 Å². The molecule has 1 unspecified atom stereocenters. The van der Waals surface area contributed by atoms with E-state index in [1.807, 2.05) is 24.3 Å². The van der Waals surface area contributed by atoms with Gasteiger partial charge in [-0.25, -0.2) is 0 Å². The second-order valence-electron chi connectivity index (χ2n) is 4.38. The lowest BCUT2D eigenvalue weighted by atomic mass is 10.0. The summed E-state index contributed by atoms with van der Waals surface area (Å²) >= 11 is 0. The fourth-order valence-electron chi connectivity index (χ4n) is 1.73. The first-order valence-corrected chi connectivity index (χ1v) is 6.16. The fraction of sp³-hybridized carbons (Fsp3) is 0.125. The van der Waals surface area contributed by atoms with E-state index in [0.29, 0.717) is 11.3 Å². The molecule has 20 heavy (non-hydrogen) atoms. The van der Waals surface area contributed by atoms with Gasteiger partial charge in [0.05, 0.1) is 11.6 Å². The molecule has 1 amide bonds. The largest absolute Gasteiger partial charge is 0.481 e. The molecular formula is C16H14N2O2.